The third-order valence-corrected chi connectivity index (χ3v) is 3.87. The lowest BCUT2D eigenvalue weighted by atomic mass is 10.0. The van der Waals surface area contributed by atoms with Crippen LogP contribution in [0.1, 0.15) is 18.7 Å². The fourth-order valence-electron chi connectivity index (χ4n) is 1.84. The van der Waals surface area contributed by atoms with E-state index in [0.717, 1.165) is 15.1 Å². The number of rotatable bonds is 4. The number of aromatic nitrogens is 2. The van der Waals surface area contributed by atoms with E-state index in [1.54, 1.807) is 0 Å². The SMILES string of the molecule is Cc1cc2c(NC(C(N)=O)C(C)C)nc(Cl)nc2s1. The molecule has 2 aromatic rings. The van der Waals surface area contributed by atoms with Crippen molar-refractivity contribution in [3.8, 4) is 0 Å². The molecule has 0 fully saturated rings. The number of thiophene rings is 1. The van der Waals surface area contributed by atoms with Crippen LogP contribution >= 0.6 is 22.9 Å². The van der Waals surface area contributed by atoms with E-state index in [4.69, 9.17) is 17.3 Å². The van der Waals surface area contributed by atoms with Crippen molar-refractivity contribution in [3.63, 3.8) is 0 Å². The van der Waals surface area contributed by atoms with Crippen molar-refractivity contribution in [1.82, 2.24) is 9.97 Å². The third kappa shape index (κ3) is 2.96. The number of anilines is 1. The lowest BCUT2D eigenvalue weighted by Gasteiger charge is -2.19. The Morgan fingerprint density at radius 1 is 1.47 bits per heavy atom. The number of nitrogens with zero attached hydrogens (tertiary/aromatic N) is 2. The van der Waals surface area contributed by atoms with E-state index < -0.39 is 11.9 Å². The molecule has 0 spiro atoms. The van der Waals surface area contributed by atoms with Gasteiger partial charge in [-0.2, -0.15) is 0 Å². The monoisotopic (exact) mass is 298 g/mol. The smallest absolute Gasteiger partial charge is 0.240 e. The predicted molar refractivity (Wildman–Crippen MR) is 78.6 cm³/mol. The van der Waals surface area contributed by atoms with Gasteiger partial charge in [0.2, 0.25) is 11.2 Å². The Morgan fingerprint density at radius 3 is 2.74 bits per heavy atom. The van der Waals surface area contributed by atoms with Gasteiger partial charge in [0, 0.05) is 4.88 Å². The van der Waals surface area contributed by atoms with Gasteiger partial charge in [0.1, 0.15) is 16.7 Å². The number of fused-ring (bicyclic) bond motifs is 1. The molecule has 102 valence electrons. The Balaban J connectivity index is 2.46. The molecule has 0 saturated carbocycles. The first kappa shape index (κ1) is 14.0. The molecule has 1 unspecified atom stereocenters. The molecule has 0 saturated heterocycles. The van der Waals surface area contributed by atoms with Crippen LogP contribution < -0.4 is 11.1 Å². The summed E-state index contributed by atoms with van der Waals surface area (Å²) in [5.41, 5.74) is 5.40. The topological polar surface area (TPSA) is 80.9 Å². The van der Waals surface area contributed by atoms with Crippen molar-refractivity contribution < 1.29 is 4.79 Å². The Bertz CT molecular complexity index is 625. The molecule has 3 N–H and O–H groups in total. The van der Waals surface area contributed by atoms with Gasteiger partial charge >= 0.3 is 0 Å². The first-order valence-electron chi connectivity index (χ1n) is 5.88. The van der Waals surface area contributed by atoms with Crippen molar-refractivity contribution in [2.45, 2.75) is 26.8 Å². The van der Waals surface area contributed by atoms with Gasteiger partial charge in [0.05, 0.1) is 5.39 Å². The van der Waals surface area contributed by atoms with E-state index in [-0.39, 0.29) is 11.2 Å². The van der Waals surface area contributed by atoms with Gasteiger partial charge in [-0.25, -0.2) is 9.97 Å². The van der Waals surface area contributed by atoms with Gasteiger partial charge in [0.25, 0.3) is 0 Å². The molecule has 5 nitrogen and oxygen atoms in total. The molecular weight excluding hydrogens is 284 g/mol. The van der Waals surface area contributed by atoms with Gasteiger partial charge in [-0.3, -0.25) is 4.79 Å². The summed E-state index contributed by atoms with van der Waals surface area (Å²) in [6, 6.07) is 1.48. The lowest BCUT2D eigenvalue weighted by Crippen LogP contribution is -2.39. The summed E-state index contributed by atoms with van der Waals surface area (Å²) in [5.74, 6) is 0.197. The number of hydrogen-bond acceptors (Lipinski definition) is 5. The number of hydrogen-bond donors (Lipinski definition) is 2. The molecule has 2 heterocycles. The summed E-state index contributed by atoms with van der Waals surface area (Å²) in [5, 5.41) is 4.09. The normalized spacial score (nSPS) is 12.9. The maximum atomic E-state index is 11.5. The van der Waals surface area contributed by atoms with E-state index in [2.05, 4.69) is 15.3 Å². The highest BCUT2D eigenvalue weighted by Crippen LogP contribution is 2.30. The van der Waals surface area contributed by atoms with Crippen LogP contribution in [0, 0.1) is 12.8 Å². The maximum Gasteiger partial charge on any atom is 0.240 e. The van der Waals surface area contributed by atoms with Crippen molar-refractivity contribution in [1.29, 1.82) is 0 Å². The van der Waals surface area contributed by atoms with Gasteiger partial charge in [0.15, 0.2) is 0 Å². The van der Waals surface area contributed by atoms with Gasteiger partial charge < -0.3 is 11.1 Å². The zero-order chi connectivity index (χ0) is 14.2. The van der Waals surface area contributed by atoms with Gasteiger partial charge in [-0.15, -0.1) is 11.3 Å². The summed E-state index contributed by atoms with van der Waals surface area (Å²) in [6.07, 6.45) is 0. The lowest BCUT2D eigenvalue weighted by molar-refractivity contribution is -0.119. The van der Waals surface area contributed by atoms with Crippen molar-refractivity contribution >= 4 is 44.9 Å². The molecule has 2 rings (SSSR count). The Labute approximate surface area is 120 Å². The maximum absolute atomic E-state index is 11.5. The van der Waals surface area contributed by atoms with E-state index in [9.17, 15) is 4.79 Å². The number of nitrogens with two attached hydrogens (primary N) is 1. The van der Waals surface area contributed by atoms with Crippen LogP contribution in [-0.2, 0) is 4.79 Å². The molecule has 7 heteroatoms. The van der Waals surface area contributed by atoms with Gasteiger partial charge in [-0.05, 0) is 30.5 Å². The van der Waals surface area contributed by atoms with Crippen LogP contribution in [0.4, 0.5) is 5.82 Å². The Kier molecular flexibility index (Phi) is 3.91. The highest BCUT2D eigenvalue weighted by atomic mass is 35.5. The fourth-order valence-corrected chi connectivity index (χ4v) is 2.94. The summed E-state index contributed by atoms with van der Waals surface area (Å²) in [4.78, 5) is 21.7. The van der Waals surface area contributed by atoms with E-state index in [1.807, 2.05) is 26.8 Å². The highest BCUT2D eigenvalue weighted by molar-refractivity contribution is 7.18. The molecule has 0 aliphatic carbocycles. The molecule has 1 atom stereocenters. The summed E-state index contributed by atoms with van der Waals surface area (Å²) >= 11 is 7.44. The Hall–Kier alpha value is -1.40. The second-order valence-corrected chi connectivity index (χ2v) is 6.26. The van der Waals surface area contributed by atoms with E-state index >= 15 is 0 Å². The van der Waals surface area contributed by atoms with E-state index in [1.165, 1.54) is 11.3 Å². The third-order valence-electron chi connectivity index (χ3n) is 2.75. The molecular formula is C12H15ClN4OS. The molecule has 0 aliphatic rings. The minimum Gasteiger partial charge on any atom is -0.368 e. The molecule has 0 radical (unpaired) electrons. The minimum absolute atomic E-state index is 0.0565. The Morgan fingerprint density at radius 2 is 2.16 bits per heavy atom. The fraction of sp³-hybridized carbons (Fsp3) is 0.417. The van der Waals surface area contributed by atoms with Crippen LogP contribution in [0.15, 0.2) is 6.07 Å². The molecule has 0 bridgehead atoms. The number of carbonyl (C=O) groups is 1. The number of nitrogens with one attached hydrogen (secondary N) is 1. The number of aryl methyl sites for hydroxylation is 1. The standard InChI is InChI=1S/C12H15ClN4OS/c1-5(2)8(9(14)18)15-10-7-4-6(3)19-11(7)17-12(13)16-10/h4-5,8H,1-3H3,(H2,14,18)(H,15,16,17). The summed E-state index contributed by atoms with van der Waals surface area (Å²) in [7, 11) is 0. The van der Waals surface area contributed by atoms with Crippen LogP contribution in [0.3, 0.4) is 0 Å². The molecule has 19 heavy (non-hydrogen) atoms. The van der Waals surface area contributed by atoms with Crippen molar-refractivity contribution in [2.75, 3.05) is 5.32 Å². The average Bonchev–Trinajstić information content (AvgIpc) is 2.64. The number of primary amides is 1. The van der Waals surface area contributed by atoms with E-state index in [0.29, 0.717) is 5.82 Å². The molecule has 2 aromatic heterocycles. The first-order chi connectivity index (χ1) is 8.88. The molecule has 0 aromatic carbocycles. The zero-order valence-corrected chi connectivity index (χ0v) is 12.5. The van der Waals surface area contributed by atoms with Gasteiger partial charge in [-0.1, -0.05) is 13.8 Å². The summed E-state index contributed by atoms with van der Waals surface area (Å²) < 4.78 is 0. The zero-order valence-electron chi connectivity index (χ0n) is 10.9. The molecule has 0 aliphatic heterocycles. The quantitative estimate of drug-likeness (QED) is 0.850. The number of amides is 1. The largest absolute Gasteiger partial charge is 0.368 e. The van der Waals surface area contributed by atoms with Crippen LogP contribution in [0.2, 0.25) is 5.28 Å². The number of carbonyl (C=O) groups excluding carboxylic acids is 1. The van der Waals surface area contributed by atoms with Crippen molar-refractivity contribution in [3.05, 3.63) is 16.2 Å². The average molecular weight is 299 g/mol. The van der Waals surface area contributed by atoms with Crippen LogP contribution in [-0.4, -0.2) is 21.9 Å². The second kappa shape index (κ2) is 5.30. The van der Waals surface area contributed by atoms with Crippen molar-refractivity contribution in [2.24, 2.45) is 11.7 Å². The minimum atomic E-state index is -0.491. The number of halogens is 1. The highest BCUT2D eigenvalue weighted by Gasteiger charge is 2.21. The second-order valence-electron chi connectivity index (χ2n) is 4.69. The van der Waals surface area contributed by atoms with Crippen LogP contribution in [0.25, 0.3) is 10.2 Å². The van der Waals surface area contributed by atoms with Crippen LogP contribution in [0.5, 0.6) is 0 Å². The first-order valence-corrected chi connectivity index (χ1v) is 7.07. The summed E-state index contributed by atoms with van der Waals surface area (Å²) in [6.45, 7) is 5.82. The predicted octanol–water partition coefficient (Wildman–Crippen LogP) is 2.57. The molecule has 1 amide bonds.